The third-order valence-electron chi connectivity index (χ3n) is 3.96. The summed E-state index contributed by atoms with van der Waals surface area (Å²) >= 11 is 3.48. The number of halogens is 1. The highest BCUT2D eigenvalue weighted by Gasteiger charge is 2.20. The summed E-state index contributed by atoms with van der Waals surface area (Å²) in [6, 6.07) is 11.2. The minimum absolute atomic E-state index is 0.134. The molecule has 2 aliphatic heterocycles. The fourth-order valence-corrected chi connectivity index (χ4v) is 3.12. The fourth-order valence-electron chi connectivity index (χ4n) is 2.69. The number of rotatable bonds is 3. The Morgan fingerprint density at radius 2 is 1.80 bits per heavy atom. The first kappa shape index (κ1) is 16.0. The predicted molar refractivity (Wildman–Crippen MR) is 94.8 cm³/mol. The van der Waals surface area contributed by atoms with Gasteiger partial charge in [-0.15, -0.1) is 0 Å². The first-order chi connectivity index (χ1) is 12.2. The van der Waals surface area contributed by atoms with Crippen LogP contribution in [0.15, 0.2) is 46.4 Å². The smallest absolute Gasteiger partial charge is 0.337 e. The van der Waals surface area contributed by atoms with Crippen molar-refractivity contribution in [1.29, 1.82) is 0 Å². The van der Waals surface area contributed by atoms with E-state index in [-0.39, 0.29) is 13.2 Å². The van der Waals surface area contributed by atoms with Gasteiger partial charge in [0.2, 0.25) is 0 Å². The molecule has 0 saturated heterocycles. The molecule has 0 radical (unpaired) electrons. The zero-order chi connectivity index (χ0) is 17.2. The standard InChI is InChI=1S/C19H15BrO5/c20-15-9-18-17(22-5-6-23-18)8-13(15)10-25-19(21)14-7-12-3-1-2-4-16(12)24-11-14/h1-4,7-9H,5-6,10-11H2. The lowest BCUT2D eigenvalue weighted by Gasteiger charge is -2.20. The number of benzene rings is 2. The van der Waals surface area contributed by atoms with Crippen LogP contribution < -0.4 is 14.2 Å². The Labute approximate surface area is 153 Å². The molecule has 0 saturated carbocycles. The van der Waals surface area contributed by atoms with E-state index in [1.54, 1.807) is 6.08 Å². The first-order valence-corrected chi connectivity index (χ1v) is 8.67. The van der Waals surface area contributed by atoms with Crippen LogP contribution >= 0.6 is 15.9 Å². The van der Waals surface area contributed by atoms with E-state index in [1.807, 2.05) is 36.4 Å². The molecule has 4 rings (SSSR count). The minimum Gasteiger partial charge on any atom is -0.488 e. The average Bonchev–Trinajstić information content (AvgIpc) is 2.65. The topological polar surface area (TPSA) is 54.0 Å². The molecule has 0 aliphatic carbocycles. The number of ether oxygens (including phenoxy) is 4. The van der Waals surface area contributed by atoms with Gasteiger partial charge in [-0.1, -0.05) is 34.1 Å². The zero-order valence-corrected chi connectivity index (χ0v) is 14.9. The molecule has 5 nitrogen and oxygen atoms in total. The number of esters is 1. The van der Waals surface area contributed by atoms with Crippen LogP contribution in [0.2, 0.25) is 0 Å². The normalized spacial score (nSPS) is 14.8. The van der Waals surface area contributed by atoms with Crippen molar-refractivity contribution >= 4 is 28.0 Å². The van der Waals surface area contributed by atoms with E-state index < -0.39 is 5.97 Å². The molecule has 0 atom stereocenters. The molecule has 0 spiro atoms. The molecule has 0 aromatic heterocycles. The van der Waals surface area contributed by atoms with Crippen molar-refractivity contribution in [1.82, 2.24) is 0 Å². The molecule has 25 heavy (non-hydrogen) atoms. The summed E-state index contributed by atoms with van der Waals surface area (Å²) in [6.45, 7) is 1.38. The minimum atomic E-state index is -0.392. The molecule has 0 bridgehead atoms. The van der Waals surface area contributed by atoms with Crippen LogP contribution in [0.25, 0.3) is 6.08 Å². The van der Waals surface area contributed by atoms with Gasteiger partial charge in [-0.25, -0.2) is 4.79 Å². The molecule has 0 amide bonds. The highest BCUT2D eigenvalue weighted by atomic mass is 79.9. The van der Waals surface area contributed by atoms with E-state index in [1.165, 1.54) is 0 Å². The highest BCUT2D eigenvalue weighted by Crippen LogP contribution is 2.36. The Morgan fingerprint density at radius 3 is 2.64 bits per heavy atom. The van der Waals surface area contributed by atoms with E-state index in [4.69, 9.17) is 18.9 Å². The SMILES string of the molecule is O=C(OCc1cc2c(cc1Br)OCCO2)C1=Cc2ccccc2OC1. The molecule has 2 aromatic rings. The molecule has 2 aromatic carbocycles. The Hall–Kier alpha value is -2.47. The highest BCUT2D eigenvalue weighted by molar-refractivity contribution is 9.10. The number of hydrogen-bond donors (Lipinski definition) is 0. The van der Waals surface area contributed by atoms with Crippen LogP contribution in [0.1, 0.15) is 11.1 Å². The van der Waals surface area contributed by atoms with Crippen LogP contribution in [-0.4, -0.2) is 25.8 Å². The van der Waals surface area contributed by atoms with Crippen molar-refractivity contribution in [2.75, 3.05) is 19.8 Å². The predicted octanol–water partition coefficient (Wildman–Crippen LogP) is 3.74. The fraction of sp³-hybridized carbons (Fsp3) is 0.211. The van der Waals surface area contributed by atoms with Gasteiger partial charge in [0.25, 0.3) is 0 Å². The van der Waals surface area contributed by atoms with Gasteiger partial charge in [0.05, 0.1) is 5.57 Å². The van der Waals surface area contributed by atoms with Crippen LogP contribution in [0.4, 0.5) is 0 Å². The quantitative estimate of drug-likeness (QED) is 0.731. The van der Waals surface area contributed by atoms with Gasteiger partial charge in [0.1, 0.15) is 32.2 Å². The Morgan fingerprint density at radius 1 is 1.04 bits per heavy atom. The molecule has 2 heterocycles. The molecule has 0 unspecified atom stereocenters. The Kier molecular flexibility index (Phi) is 4.36. The number of carbonyl (C=O) groups is 1. The van der Waals surface area contributed by atoms with E-state index in [0.29, 0.717) is 30.3 Å². The third kappa shape index (κ3) is 3.35. The van der Waals surface area contributed by atoms with Gasteiger partial charge in [0, 0.05) is 15.6 Å². The maximum atomic E-state index is 12.3. The Balaban J connectivity index is 1.47. The molecule has 6 heteroatoms. The summed E-state index contributed by atoms with van der Waals surface area (Å²) in [6.07, 6.45) is 1.81. The number of fused-ring (bicyclic) bond motifs is 2. The lowest BCUT2D eigenvalue weighted by molar-refractivity contribution is -0.140. The van der Waals surface area contributed by atoms with Gasteiger partial charge in [-0.3, -0.25) is 0 Å². The van der Waals surface area contributed by atoms with E-state index in [9.17, 15) is 4.79 Å². The van der Waals surface area contributed by atoms with Crippen molar-refractivity contribution in [3.63, 3.8) is 0 Å². The van der Waals surface area contributed by atoms with Crippen LogP contribution in [0.5, 0.6) is 17.2 Å². The summed E-state index contributed by atoms with van der Waals surface area (Å²) in [5.41, 5.74) is 2.18. The van der Waals surface area contributed by atoms with Gasteiger partial charge < -0.3 is 18.9 Å². The summed E-state index contributed by atoms with van der Waals surface area (Å²) in [4.78, 5) is 12.3. The van der Waals surface area contributed by atoms with Crippen LogP contribution in [-0.2, 0) is 16.1 Å². The summed E-state index contributed by atoms with van der Waals surface area (Å²) in [5, 5.41) is 0. The van der Waals surface area contributed by atoms with Crippen LogP contribution in [0, 0.1) is 0 Å². The number of carbonyl (C=O) groups excluding carboxylic acids is 1. The van der Waals surface area contributed by atoms with Crippen molar-refractivity contribution in [2.24, 2.45) is 0 Å². The van der Waals surface area contributed by atoms with E-state index >= 15 is 0 Å². The molecule has 0 N–H and O–H groups in total. The summed E-state index contributed by atoms with van der Waals surface area (Å²) in [5.74, 6) is 1.73. The molecule has 0 fully saturated rings. The second-order valence-corrected chi connectivity index (χ2v) is 6.51. The third-order valence-corrected chi connectivity index (χ3v) is 4.70. The molecular weight excluding hydrogens is 388 g/mol. The van der Waals surface area contributed by atoms with Crippen molar-refractivity contribution in [3.8, 4) is 17.2 Å². The lowest BCUT2D eigenvalue weighted by Crippen LogP contribution is -2.18. The molecular formula is C19H15BrO5. The number of hydrogen-bond acceptors (Lipinski definition) is 5. The maximum Gasteiger partial charge on any atom is 0.337 e. The van der Waals surface area contributed by atoms with E-state index in [0.717, 1.165) is 21.3 Å². The monoisotopic (exact) mass is 402 g/mol. The average molecular weight is 403 g/mol. The maximum absolute atomic E-state index is 12.3. The Bertz CT molecular complexity index is 859. The first-order valence-electron chi connectivity index (χ1n) is 7.88. The molecule has 2 aliphatic rings. The van der Waals surface area contributed by atoms with Crippen molar-refractivity contribution in [2.45, 2.75) is 6.61 Å². The molecule has 128 valence electrons. The second kappa shape index (κ2) is 6.80. The van der Waals surface area contributed by atoms with Gasteiger partial charge in [-0.05, 0) is 24.3 Å². The van der Waals surface area contributed by atoms with Crippen LogP contribution in [0.3, 0.4) is 0 Å². The zero-order valence-electron chi connectivity index (χ0n) is 13.3. The van der Waals surface area contributed by atoms with E-state index in [2.05, 4.69) is 15.9 Å². The van der Waals surface area contributed by atoms with Gasteiger partial charge in [-0.2, -0.15) is 0 Å². The lowest BCUT2D eigenvalue weighted by atomic mass is 10.1. The summed E-state index contributed by atoms with van der Waals surface area (Å²) in [7, 11) is 0. The van der Waals surface area contributed by atoms with Crippen molar-refractivity contribution < 1.29 is 23.7 Å². The second-order valence-electron chi connectivity index (χ2n) is 5.66. The summed E-state index contributed by atoms with van der Waals surface area (Å²) < 4.78 is 22.9. The van der Waals surface area contributed by atoms with Crippen molar-refractivity contribution in [3.05, 3.63) is 57.6 Å². The van der Waals surface area contributed by atoms with Gasteiger partial charge >= 0.3 is 5.97 Å². The number of para-hydroxylation sites is 1. The largest absolute Gasteiger partial charge is 0.488 e. The van der Waals surface area contributed by atoms with Gasteiger partial charge in [0.15, 0.2) is 11.5 Å².